The van der Waals surface area contributed by atoms with Crippen molar-refractivity contribution in [2.24, 2.45) is 0 Å². The quantitative estimate of drug-likeness (QED) is 0.363. The van der Waals surface area contributed by atoms with Gasteiger partial charge in [-0.25, -0.2) is 22.4 Å². The molecule has 0 saturated carbocycles. The van der Waals surface area contributed by atoms with E-state index in [1.54, 1.807) is 35.0 Å². The van der Waals surface area contributed by atoms with Crippen molar-refractivity contribution in [2.75, 3.05) is 45.5 Å². The number of anilines is 1. The standard InChI is InChI=1S/C23H25F3N8O3/c1-37-22-21-15(13-2-3-18-19(8-13)34(31-29-18)14(9-24)10-25)4-7-33(21)30-23(28-22)27-17-5-6-32(11-16(17)26)20(36)12-35/h2-4,7-8,14,16-17,35H,5-6,9-12H2,1H3,(H,27,30)/t16-,17+/m1/s1. The number of aliphatic hydroxyl groups is 1. The number of piperidine rings is 1. The van der Waals surface area contributed by atoms with Crippen LogP contribution in [0, 0.1) is 0 Å². The van der Waals surface area contributed by atoms with E-state index < -0.39 is 44.1 Å². The summed E-state index contributed by atoms with van der Waals surface area (Å²) < 4.78 is 49.7. The first-order chi connectivity index (χ1) is 18.0. The Morgan fingerprint density at radius 1 is 1.30 bits per heavy atom. The van der Waals surface area contributed by atoms with Crippen LogP contribution in [0.5, 0.6) is 5.88 Å². The number of fused-ring (bicyclic) bond motifs is 2. The lowest BCUT2D eigenvalue weighted by molar-refractivity contribution is -0.136. The first kappa shape index (κ1) is 24.7. The number of aliphatic hydroxyl groups excluding tert-OH is 1. The van der Waals surface area contributed by atoms with E-state index in [1.165, 1.54) is 16.7 Å². The molecule has 11 nitrogen and oxygen atoms in total. The molecule has 0 unspecified atom stereocenters. The maximum Gasteiger partial charge on any atom is 0.248 e. The number of benzene rings is 1. The maximum absolute atomic E-state index is 14.8. The Balaban J connectivity index is 1.45. The monoisotopic (exact) mass is 518 g/mol. The predicted molar refractivity (Wildman–Crippen MR) is 128 cm³/mol. The van der Waals surface area contributed by atoms with Gasteiger partial charge in [-0.15, -0.1) is 10.2 Å². The van der Waals surface area contributed by atoms with Crippen LogP contribution in [0.1, 0.15) is 12.5 Å². The highest BCUT2D eigenvalue weighted by atomic mass is 19.1. The van der Waals surface area contributed by atoms with Gasteiger partial charge in [0.1, 0.15) is 43.2 Å². The van der Waals surface area contributed by atoms with Crippen LogP contribution in [-0.4, -0.2) is 97.9 Å². The van der Waals surface area contributed by atoms with Gasteiger partial charge in [-0.2, -0.15) is 4.98 Å². The molecule has 14 heteroatoms. The molecular formula is C23H25F3N8O3. The molecule has 1 saturated heterocycles. The van der Waals surface area contributed by atoms with Gasteiger partial charge in [0.15, 0.2) is 0 Å². The van der Waals surface area contributed by atoms with Gasteiger partial charge in [-0.05, 0) is 30.2 Å². The summed E-state index contributed by atoms with van der Waals surface area (Å²) >= 11 is 0. The average Bonchev–Trinajstić information content (AvgIpc) is 3.54. The van der Waals surface area contributed by atoms with E-state index in [9.17, 15) is 18.0 Å². The van der Waals surface area contributed by atoms with Crippen LogP contribution in [0.4, 0.5) is 19.1 Å². The third kappa shape index (κ3) is 4.52. The number of hydrogen-bond donors (Lipinski definition) is 2. The van der Waals surface area contributed by atoms with Gasteiger partial charge in [0.25, 0.3) is 0 Å². The lowest BCUT2D eigenvalue weighted by atomic mass is 10.0. The summed E-state index contributed by atoms with van der Waals surface area (Å²) in [6, 6.07) is 5.36. The minimum absolute atomic E-state index is 0.135. The Morgan fingerprint density at radius 2 is 2.11 bits per heavy atom. The largest absolute Gasteiger partial charge is 0.479 e. The van der Waals surface area contributed by atoms with Crippen LogP contribution in [0.15, 0.2) is 30.5 Å². The highest BCUT2D eigenvalue weighted by molar-refractivity contribution is 5.89. The van der Waals surface area contributed by atoms with Crippen molar-refractivity contribution in [1.82, 2.24) is 34.5 Å². The van der Waals surface area contributed by atoms with Crippen molar-refractivity contribution in [3.63, 3.8) is 0 Å². The fraction of sp³-hybridized carbons (Fsp3) is 0.435. The molecule has 3 aromatic heterocycles. The molecule has 1 aliphatic heterocycles. The van der Waals surface area contributed by atoms with Crippen LogP contribution >= 0.6 is 0 Å². The molecule has 1 aromatic carbocycles. The fourth-order valence-corrected chi connectivity index (χ4v) is 4.53. The summed E-state index contributed by atoms with van der Waals surface area (Å²) in [4.78, 5) is 17.4. The van der Waals surface area contributed by atoms with Crippen molar-refractivity contribution in [1.29, 1.82) is 0 Å². The lowest BCUT2D eigenvalue weighted by Gasteiger charge is -2.34. The zero-order valence-electron chi connectivity index (χ0n) is 19.9. The first-order valence-corrected chi connectivity index (χ1v) is 11.7. The first-order valence-electron chi connectivity index (χ1n) is 11.7. The third-order valence-corrected chi connectivity index (χ3v) is 6.50. The van der Waals surface area contributed by atoms with Gasteiger partial charge in [-0.1, -0.05) is 11.3 Å². The number of carbonyl (C=O) groups is 1. The molecule has 0 bridgehead atoms. The zero-order chi connectivity index (χ0) is 26.1. The second-order valence-electron chi connectivity index (χ2n) is 8.72. The van der Waals surface area contributed by atoms with Gasteiger partial charge in [0.2, 0.25) is 17.7 Å². The molecule has 1 fully saturated rings. The van der Waals surface area contributed by atoms with Gasteiger partial charge >= 0.3 is 0 Å². The second kappa shape index (κ2) is 10.2. The normalized spacial score (nSPS) is 18.2. The van der Waals surface area contributed by atoms with Gasteiger partial charge in [0.05, 0.1) is 25.2 Å². The summed E-state index contributed by atoms with van der Waals surface area (Å²) in [6.07, 6.45) is 0.632. The van der Waals surface area contributed by atoms with Crippen LogP contribution < -0.4 is 10.1 Å². The summed E-state index contributed by atoms with van der Waals surface area (Å²) in [5, 5.41) is 24.4. The fourth-order valence-electron chi connectivity index (χ4n) is 4.53. The van der Waals surface area contributed by atoms with Crippen molar-refractivity contribution >= 4 is 28.4 Å². The van der Waals surface area contributed by atoms with Crippen LogP contribution in [0.25, 0.3) is 27.7 Å². The Morgan fingerprint density at radius 3 is 2.81 bits per heavy atom. The minimum Gasteiger partial charge on any atom is -0.479 e. The Kier molecular flexibility index (Phi) is 6.82. The van der Waals surface area contributed by atoms with Gasteiger partial charge in [-0.3, -0.25) is 4.79 Å². The molecule has 5 rings (SSSR count). The van der Waals surface area contributed by atoms with E-state index >= 15 is 0 Å². The molecule has 0 radical (unpaired) electrons. The number of ether oxygens (including phenoxy) is 1. The molecule has 4 aromatic rings. The number of methoxy groups -OCH3 is 1. The summed E-state index contributed by atoms with van der Waals surface area (Å²) in [5.41, 5.74) is 2.94. The van der Waals surface area contributed by atoms with Crippen LogP contribution in [-0.2, 0) is 4.79 Å². The predicted octanol–water partition coefficient (Wildman–Crippen LogP) is 1.97. The number of carbonyl (C=O) groups excluding carboxylic acids is 1. The molecule has 4 heterocycles. The van der Waals surface area contributed by atoms with E-state index in [0.29, 0.717) is 40.6 Å². The van der Waals surface area contributed by atoms with E-state index in [0.717, 1.165) is 0 Å². The van der Waals surface area contributed by atoms with Crippen molar-refractivity contribution in [2.45, 2.75) is 24.7 Å². The van der Waals surface area contributed by atoms with E-state index in [2.05, 4.69) is 25.7 Å². The van der Waals surface area contributed by atoms with E-state index in [-0.39, 0.29) is 18.4 Å². The molecule has 2 atom stereocenters. The van der Waals surface area contributed by atoms with Gasteiger partial charge in [0, 0.05) is 18.3 Å². The second-order valence-corrected chi connectivity index (χ2v) is 8.72. The average molecular weight is 519 g/mol. The smallest absolute Gasteiger partial charge is 0.248 e. The number of aromatic nitrogens is 6. The third-order valence-electron chi connectivity index (χ3n) is 6.50. The summed E-state index contributed by atoms with van der Waals surface area (Å²) in [6.45, 7) is -2.33. The Labute approximate surface area is 208 Å². The molecule has 37 heavy (non-hydrogen) atoms. The zero-order valence-corrected chi connectivity index (χ0v) is 19.9. The number of alkyl halides is 3. The Hall–Kier alpha value is -3.94. The molecule has 1 aliphatic rings. The maximum atomic E-state index is 14.8. The number of amides is 1. The number of likely N-dealkylation sites (tertiary alicyclic amines) is 1. The van der Waals surface area contributed by atoms with Crippen LogP contribution in [0.3, 0.4) is 0 Å². The highest BCUT2D eigenvalue weighted by Crippen LogP contribution is 2.33. The highest BCUT2D eigenvalue weighted by Gasteiger charge is 2.32. The van der Waals surface area contributed by atoms with Gasteiger partial charge < -0.3 is 20.1 Å². The Bertz CT molecular complexity index is 1420. The van der Waals surface area contributed by atoms with E-state index in [4.69, 9.17) is 9.84 Å². The molecule has 196 valence electrons. The molecule has 1 amide bonds. The molecule has 2 N–H and O–H groups in total. The molecule has 0 spiro atoms. The molecular weight excluding hydrogens is 493 g/mol. The van der Waals surface area contributed by atoms with Crippen molar-refractivity contribution < 1.29 is 27.8 Å². The summed E-state index contributed by atoms with van der Waals surface area (Å²) in [5.74, 6) is -0.132. The summed E-state index contributed by atoms with van der Waals surface area (Å²) in [7, 11) is 1.45. The van der Waals surface area contributed by atoms with E-state index in [1.807, 2.05) is 0 Å². The topological polar surface area (TPSA) is 123 Å². The number of hydrogen-bond acceptors (Lipinski definition) is 8. The number of halogens is 3. The number of nitrogens with one attached hydrogen (secondary N) is 1. The van der Waals surface area contributed by atoms with Crippen molar-refractivity contribution in [3.05, 3.63) is 30.5 Å². The minimum atomic E-state index is -1.38. The number of nitrogens with zero attached hydrogens (tertiary/aromatic N) is 7. The number of rotatable bonds is 8. The SMILES string of the molecule is COc1nc(N[C@H]2CCN(C(=O)CO)C[C@H]2F)nn2ccc(-c3ccc4nnn(C(CF)CF)c4c3)c12. The van der Waals surface area contributed by atoms with Crippen LogP contribution in [0.2, 0.25) is 0 Å². The van der Waals surface area contributed by atoms with Crippen molar-refractivity contribution in [3.8, 4) is 17.0 Å². The lowest BCUT2D eigenvalue weighted by Crippen LogP contribution is -2.50. The molecule has 0 aliphatic carbocycles.